The Morgan fingerprint density at radius 3 is 1.97 bits per heavy atom. The Balaban J connectivity index is 0. The van der Waals surface area contributed by atoms with Crippen LogP contribution in [0.1, 0.15) is 98.6 Å². The first-order valence-electron chi connectivity index (χ1n) is 12.0. The molecule has 1 N–H and O–H groups in total. The molecule has 0 bridgehead atoms. The number of alkyl halides is 2. The summed E-state index contributed by atoms with van der Waals surface area (Å²) in [5, 5.41) is 3.39. The predicted octanol–water partition coefficient (Wildman–Crippen LogP) is 9.70. The lowest BCUT2D eigenvalue weighted by Crippen LogP contribution is -2.25. The lowest BCUT2D eigenvalue weighted by atomic mass is 10.0. The van der Waals surface area contributed by atoms with Crippen LogP contribution in [0.15, 0.2) is 66.8 Å². The van der Waals surface area contributed by atoms with Crippen molar-refractivity contribution in [3.05, 3.63) is 77.9 Å². The molecule has 0 aromatic heterocycles. The summed E-state index contributed by atoms with van der Waals surface area (Å²) < 4.78 is 25.9. The van der Waals surface area contributed by atoms with Crippen molar-refractivity contribution in [1.29, 1.82) is 0 Å². The van der Waals surface area contributed by atoms with E-state index in [0.717, 1.165) is 29.3 Å². The topological polar surface area (TPSA) is 12.0 Å². The van der Waals surface area contributed by atoms with Crippen LogP contribution in [-0.4, -0.2) is 12.0 Å². The Hall–Kier alpha value is -2.16. The quantitative estimate of drug-likeness (QED) is 0.333. The van der Waals surface area contributed by atoms with Crippen molar-refractivity contribution in [3.63, 3.8) is 0 Å². The molecule has 0 heterocycles. The van der Waals surface area contributed by atoms with Crippen molar-refractivity contribution in [1.82, 2.24) is 5.32 Å². The van der Waals surface area contributed by atoms with Gasteiger partial charge in [-0.1, -0.05) is 103 Å². The molecule has 1 unspecified atom stereocenters. The molecule has 182 valence electrons. The zero-order valence-electron chi connectivity index (χ0n) is 22.0. The molecule has 0 saturated carbocycles. The second kappa shape index (κ2) is 17.4. The average molecular weight is 448 g/mol. The average Bonchev–Trinajstić information content (AvgIpc) is 2.77. The maximum absolute atomic E-state index is 13.0. The molecule has 0 aliphatic heterocycles. The zero-order valence-corrected chi connectivity index (χ0v) is 22.0. The molecule has 1 atom stereocenters. The molecule has 0 aliphatic carbocycles. The number of hydrogen-bond acceptors (Lipinski definition) is 1. The minimum atomic E-state index is -2.60. The standard InChI is InChI=1S/C25H35F2N.2C2H6/c1-8-22(10-9-17-25(7,26)27)12-11-19(4)20(5)28-21(6)24-15-13-23(14-16-24)18(2)3;2*1-2/h8,11-16,18,20,28H,4,6,9-10,17H2,1-3,5,7H3;2*1-2H3/b12-11-,22-8-;;. The highest BCUT2D eigenvalue weighted by atomic mass is 19.3. The van der Waals surface area contributed by atoms with Crippen LogP contribution in [0, 0.1) is 0 Å². The second-order valence-corrected chi connectivity index (χ2v) is 7.82. The molecule has 0 saturated heterocycles. The summed E-state index contributed by atoms with van der Waals surface area (Å²) in [4.78, 5) is 0. The van der Waals surface area contributed by atoms with Crippen molar-refractivity contribution in [2.75, 3.05) is 0 Å². The van der Waals surface area contributed by atoms with Crippen LogP contribution < -0.4 is 5.32 Å². The Morgan fingerprint density at radius 2 is 1.53 bits per heavy atom. The summed E-state index contributed by atoms with van der Waals surface area (Å²) in [6.07, 6.45) is 6.90. The van der Waals surface area contributed by atoms with E-state index >= 15 is 0 Å². The summed E-state index contributed by atoms with van der Waals surface area (Å²) in [5.74, 6) is -2.10. The van der Waals surface area contributed by atoms with E-state index < -0.39 is 5.92 Å². The molecule has 0 aliphatic rings. The highest BCUT2D eigenvalue weighted by Crippen LogP contribution is 2.22. The van der Waals surface area contributed by atoms with Crippen molar-refractivity contribution in [3.8, 4) is 0 Å². The molecule has 0 spiro atoms. The molecule has 0 radical (unpaired) electrons. The molecular formula is C29H47F2N. The van der Waals surface area contributed by atoms with Gasteiger partial charge in [0.05, 0.1) is 0 Å². The van der Waals surface area contributed by atoms with Crippen LogP contribution in [0.4, 0.5) is 8.78 Å². The summed E-state index contributed by atoms with van der Waals surface area (Å²) in [6, 6.07) is 8.44. The Kier molecular flexibility index (Phi) is 17.4. The third kappa shape index (κ3) is 14.0. The SMILES string of the molecule is C=C(NC(C)C(=C)/C=C\C(=C/C)CCCC(C)(F)F)c1ccc(C(C)C)cc1.CC.CC. The van der Waals surface area contributed by atoms with Gasteiger partial charge in [-0.25, -0.2) is 8.78 Å². The van der Waals surface area contributed by atoms with Crippen LogP contribution in [0.5, 0.6) is 0 Å². The van der Waals surface area contributed by atoms with Gasteiger partial charge in [-0.2, -0.15) is 0 Å². The highest BCUT2D eigenvalue weighted by molar-refractivity contribution is 5.62. The first-order chi connectivity index (χ1) is 15.0. The van der Waals surface area contributed by atoms with E-state index in [1.54, 1.807) is 0 Å². The van der Waals surface area contributed by atoms with Crippen LogP contribution in [0.25, 0.3) is 5.70 Å². The van der Waals surface area contributed by atoms with Crippen LogP contribution in [0.3, 0.4) is 0 Å². The lowest BCUT2D eigenvalue weighted by molar-refractivity contribution is 0.0111. The molecule has 1 rings (SSSR count). The minimum absolute atomic E-state index is 0.0200. The monoisotopic (exact) mass is 447 g/mol. The number of nitrogens with one attached hydrogen (secondary N) is 1. The van der Waals surface area contributed by atoms with E-state index in [0.29, 0.717) is 18.8 Å². The van der Waals surface area contributed by atoms with Crippen molar-refractivity contribution in [2.45, 2.75) is 99.5 Å². The summed E-state index contributed by atoms with van der Waals surface area (Å²) in [7, 11) is 0. The molecule has 1 nitrogen and oxygen atoms in total. The molecule has 0 fully saturated rings. The van der Waals surface area contributed by atoms with E-state index in [4.69, 9.17) is 0 Å². The van der Waals surface area contributed by atoms with Gasteiger partial charge in [-0.3, -0.25) is 0 Å². The highest BCUT2D eigenvalue weighted by Gasteiger charge is 2.19. The molecule has 32 heavy (non-hydrogen) atoms. The first kappa shape index (κ1) is 32.0. The number of rotatable bonds is 11. The maximum Gasteiger partial charge on any atom is 0.245 e. The third-order valence-corrected chi connectivity index (χ3v) is 4.84. The number of allylic oxidation sites excluding steroid dienone is 3. The minimum Gasteiger partial charge on any atom is -0.379 e. The Bertz CT molecular complexity index is 704. The van der Waals surface area contributed by atoms with E-state index in [1.807, 2.05) is 59.8 Å². The molecule has 1 aromatic carbocycles. The molecule has 3 heteroatoms. The van der Waals surface area contributed by atoms with Crippen LogP contribution >= 0.6 is 0 Å². The van der Waals surface area contributed by atoms with Crippen molar-refractivity contribution in [2.24, 2.45) is 0 Å². The zero-order chi connectivity index (χ0) is 25.3. The van der Waals surface area contributed by atoms with E-state index in [9.17, 15) is 8.78 Å². The molecule has 0 amide bonds. The van der Waals surface area contributed by atoms with Gasteiger partial charge in [-0.15, -0.1) is 0 Å². The summed E-state index contributed by atoms with van der Waals surface area (Å²) >= 11 is 0. The number of halogens is 2. The van der Waals surface area contributed by atoms with E-state index in [1.165, 1.54) is 5.56 Å². The largest absolute Gasteiger partial charge is 0.379 e. The summed E-state index contributed by atoms with van der Waals surface area (Å²) in [5.41, 5.74) is 5.17. The van der Waals surface area contributed by atoms with Gasteiger partial charge in [0.15, 0.2) is 0 Å². The fraction of sp³-hybridized carbons (Fsp3) is 0.517. The van der Waals surface area contributed by atoms with Gasteiger partial charge in [0, 0.05) is 18.2 Å². The van der Waals surface area contributed by atoms with Gasteiger partial charge in [0.25, 0.3) is 0 Å². The third-order valence-electron chi connectivity index (χ3n) is 4.84. The molecular weight excluding hydrogens is 400 g/mol. The Morgan fingerprint density at radius 1 is 1.00 bits per heavy atom. The van der Waals surface area contributed by atoms with Crippen molar-refractivity contribution >= 4 is 5.70 Å². The Labute approximate surface area is 197 Å². The summed E-state index contributed by atoms with van der Waals surface area (Å²) in [6.45, 7) is 25.5. The fourth-order valence-electron chi connectivity index (χ4n) is 2.79. The molecule has 1 aromatic rings. The smallest absolute Gasteiger partial charge is 0.245 e. The predicted molar refractivity (Wildman–Crippen MR) is 141 cm³/mol. The van der Waals surface area contributed by atoms with Crippen LogP contribution in [0.2, 0.25) is 0 Å². The number of benzene rings is 1. The van der Waals surface area contributed by atoms with Crippen LogP contribution in [-0.2, 0) is 0 Å². The van der Waals surface area contributed by atoms with E-state index in [2.05, 4.69) is 56.6 Å². The van der Waals surface area contributed by atoms with Gasteiger partial charge in [0.2, 0.25) is 5.92 Å². The fourth-order valence-corrected chi connectivity index (χ4v) is 2.79. The van der Waals surface area contributed by atoms with Crippen molar-refractivity contribution < 1.29 is 8.78 Å². The van der Waals surface area contributed by atoms with Gasteiger partial charge < -0.3 is 5.32 Å². The maximum atomic E-state index is 13.0. The second-order valence-electron chi connectivity index (χ2n) is 7.82. The van der Waals surface area contributed by atoms with Gasteiger partial charge in [0.1, 0.15) is 0 Å². The lowest BCUT2D eigenvalue weighted by Gasteiger charge is -2.18. The number of hydrogen-bond donors (Lipinski definition) is 1. The van der Waals surface area contributed by atoms with E-state index in [-0.39, 0.29) is 12.5 Å². The normalized spacial score (nSPS) is 12.4. The first-order valence-corrected chi connectivity index (χ1v) is 12.0. The van der Waals surface area contributed by atoms with Gasteiger partial charge >= 0.3 is 0 Å². The van der Waals surface area contributed by atoms with Gasteiger partial charge in [-0.05, 0) is 56.2 Å².